The number of nitrogens with zero attached hydrogens (tertiary/aromatic N) is 2. The summed E-state index contributed by atoms with van der Waals surface area (Å²) in [6.07, 6.45) is 5.74. The van der Waals surface area contributed by atoms with Crippen LogP contribution in [0.3, 0.4) is 0 Å². The zero-order valence-electron chi connectivity index (χ0n) is 19.2. The van der Waals surface area contributed by atoms with Gasteiger partial charge in [0.1, 0.15) is 5.76 Å². The first-order chi connectivity index (χ1) is 16.4. The van der Waals surface area contributed by atoms with Gasteiger partial charge in [0.25, 0.3) is 5.91 Å². The predicted octanol–water partition coefficient (Wildman–Crippen LogP) is 3.54. The fourth-order valence-corrected chi connectivity index (χ4v) is 4.89. The summed E-state index contributed by atoms with van der Waals surface area (Å²) in [5.74, 6) is 0.378. The van der Waals surface area contributed by atoms with Crippen molar-refractivity contribution in [2.75, 3.05) is 32.7 Å². The SMILES string of the molecule is Cc1ccc(S(=O)(=O)NCc2ccco2)cc1C(=O)N1CCN(C/C=C/c2ccccc2)CC1. The predicted molar refractivity (Wildman–Crippen MR) is 132 cm³/mol. The number of sulfonamides is 1. The summed E-state index contributed by atoms with van der Waals surface area (Å²) in [6, 6.07) is 18.2. The van der Waals surface area contributed by atoms with E-state index >= 15 is 0 Å². The van der Waals surface area contributed by atoms with E-state index in [0.29, 0.717) is 24.4 Å². The van der Waals surface area contributed by atoms with E-state index in [1.165, 1.54) is 24.0 Å². The van der Waals surface area contributed by atoms with Crippen LogP contribution < -0.4 is 4.72 Å². The van der Waals surface area contributed by atoms with Crippen LogP contribution in [-0.4, -0.2) is 56.8 Å². The third kappa shape index (κ3) is 6.02. The topological polar surface area (TPSA) is 82.9 Å². The minimum atomic E-state index is -3.78. The smallest absolute Gasteiger partial charge is 0.254 e. The molecule has 1 aliphatic heterocycles. The molecule has 1 aliphatic rings. The summed E-state index contributed by atoms with van der Waals surface area (Å²) in [4.78, 5) is 17.4. The van der Waals surface area contributed by atoms with Crippen molar-refractivity contribution in [1.29, 1.82) is 0 Å². The first kappa shape index (κ1) is 23.9. The van der Waals surface area contributed by atoms with Gasteiger partial charge < -0.3 is 9.32 Å². The first-order valence-corrected chi connectivity index (χ1v) is 12.8. The number of carbonyl (C=O) groups excluding carboxylic acids is 1. The highest BCUT2D eigenvalue weighted by Crippen LogP contribution is 2.19. The third-order valence-corrected chi connectivity index (χ3v) is 7.30. The largest absolute Gasteiger partial charge is 0.468 e. The molecule has 1 aromatic heterocycles. The molecule has 0 atom stereocenters. The number of carbonyl (C=O) groups is 1. The second-order valence-electron chi connectivity index (χ2n) is 8.29. The lowest BCUT2D eigenvalue weighted by molar-refractivity contribution is 0.0649. The van der Waals surface area contributed by atoms with Crippen molar-refractivity contribution in [3.8, 4) is 0 Å². The maximum Gasteiger partial charge on any atom is 0.254 e. The van der Waals surface area contributed by atoms with Crippen LogP contribution in [0.1, 0.15) is 27.2 Å². The average molecular weight is 480 g/mol. The van der Waals surface area contributed by atoms with Gasteiger partial charge in [0.05, 0.1) is 17.7 Å². The van der Waals surface area contributed by atoms with Crippen molar-refractivity contribution in [3.05, 3.63) is 95.5 Å². The molecule has 2 aromatic carbocycles. The van der Waals surface area contributed by atoms with Gasteiger partial charge in [-0.25, -0.2) is 13.1 Å². The molecule has 1 fully saturated rings. The Morgan fingerprint density at radius 1 is 1.03 bits per heavy atom. The molecule has 2 heterocycles. The van der Waals surface area contributed by atoms with Crippen LogP contribution in [0.25, 0.3) is 6.08 Å². The summed E-state index contributed by atoms with van der Waals surface area (Å²) in [5.41, 5.74) is 2.33. The van der Waals surface area contributed by atoms with Crippen molar-refractivity contribution < 1.29 is 17.6 Å². The van der Waals surface area contributed by atoms with E-state index in [-0.39, 0.29) is 17.3 Å². The molecule has 0 radical (unpaired) electrons. The van der Waals surface area contributed by atoms with Crippen molar-refractivity contribution in [3.63, 3.8) is 0 Å². The molecule has 0 aliphatic carbocycles. The van der Waals surface area contributed by atoms with E-state index in [2.05, 4.69) is 33.9 Å². The molecule has 178 valence electrons. The number of aryl methyl sites for hydroxylation is 1. The zero-order chi connectivity index (χ0) is 24.0. The Hall–Kier alpha value is -3.20. The van der Waals surface area contributed by atoms with Gasteiger partial charge >= 0.3 is 0 Å². The fourth-order valence-electron chi connectivity index (χ4n) is 3.87. The number of furan rings is 1. The van der Waals surface area contributed by atoms with Crippen molar-refractivity contribution in [2.24, 2.45) is 0 Å². The summed E-state index contributed by atoms with van der Waals surface area (Å²) < 4.78 is 33.2. The van der Waals surface area contributed by atoms with Crippen LogP contribution in [0.2, 0.25) is 0 Å². The molecule has 0 spiro atoms. The molecule has 4 rings (SSSR count). The Morgan fingerprint density at radius 3 is 2.50 bits per heavy atom. The lowest BCUT2D eigenvalue weighted by Gasteiger charge is -2.34. The van der Waals surface area contributed by atoms with E-state index in [1.54, 1.807) is 23.1 Å². The van der Waals surface area contributed by atoms with E-state index < -0.39 is 10.0 Å². The maximum absolute atomic E-state index is 13.2. The summed E-state index contributed by atoms with van der Waals surface area (Å²) in [7, 11) is -3.78. The highest BCUT2D eigenvalue weighted by atomic mass is 32.2. The summed E-state index contributed by atoms with van der Waals surface area (Å²) in [6.45, 7) is 5.44. The number of nitrogens with one attached hydrogen (secondary N) is 1. The Labute approximate surface area is 200 Å². The maximum atomic E-state index is 13.2. The summed E-state index contributed by atoms with van der Waals surface area (Å²) >= 11 is 0. The molecular formula is C26H29N3O4S. The molecule has 0 bridgehead atoms. The van der Waals surface area contributed by atoms with E-state index in [1.807, 2.05) is 25.1 Å². The number of amides is 1. The van der Waals surface area contributed by atoms with Gasteiger partial charge in [-0.05, 0) is 42.3 Å². The van der Waals surface area contributed by atoms with E-state index in [0.717, 1.165) is 25.2 Å². The molecule has 7 nitrogen and oxygen atoms in total. The van der Waals surface area contributed by atoms with Gasteiger partial charge in [0.2, 0.25) is 10.0 Å². The quantitative estimate of drug-likeness (QED) is 0.534. The minimum absolute atomic E-state index is 0.0488. The lowest BCUT2D eigenvalue weighted by atomic mass is 10.1. The van der Waals surface area contributed by atoms with Crippen LogP contribution in [0.15, 0.2) is 82.3 Å². The molecule has 1 N–H and O–H groups in total. The van der Waals surface area contributed by atoms with Gasteiger partial charge in [-0.1, -0.05) is 48.6 Å². The molecule has 3 aromatic rings. The van der Waals surface area contributed by atoms with Gasteiger partial charge in [0.15, 0.2) is 0 Å². The van der Waals surface area contributed by atoms with Crippen molar-refractivity contribution in [1.82, 2.24) is 14.5 Å². The highest BCUT2D eigenvalue weighted by Gasteiger charge is 2.24. The van der Waals surface area contributed by atoms with Gasteiger partial charge in [0, 0.05) is 38.3 Å². The number of piperazine rings is 1. The van der Waals surface area contributed by atoms with Gasteiger partial charge in [-0.3, -0.25) is 9.69 Å². The number of hydrogen-bond donors (Lipinski definition) is 1. The minimum Gasteiger partial charge on any atom is -0.468 e. The molecule has 8 heteroatoms. The molecule has 34 heavy (non-hydrogen) atoms. The number of benzene rings is 2. The third-order valence-electron chi connectivity index (χ3n) is 5.90. The Balaban J connectivity index is 1.36. The number of rotatable bonds is 8. The van der Waals surface area contributed by atoms with Gasteiger partial charge in [-0.2, -0.15) is 0 Å². The van der Waals surface area contributed by atoms with Crippen LogP contribution in [0.5, 0.6) is 0 Å². The van der Waals surface area contributed by atoms with Crippen LogP contribution >= 0.6 is 0 Å². The van der Waals surface area contributed by atoms with Crippen LogP contribution in [0.4, 0.5) is 0 Å². The van der Waals surface area contributed by atoms with Crippen molar-refractivity contribution in [2.45, 2.75) is 18.4 Å². The molecule has 0 unspecified atom stereocenters. The van der Waals surface area contributed by atoms with Crippen molar-refractivity contribution >= 4 is 22.0 Å². The standard InChI is InChI=1S/C26H29N3O4S/c1-21-11-12-24(34(31,32)27-20-23-10-6-18-33-23)19-25(21)26(30)29-16-14-28(15-17-29)13-5-9-22-7-3-2-4-8-22/h2-12,18-19,27H,13-17,20H2,1H3/b9-5+. The lowest BCUT2D eigenvalue weighted by Crippen LogP contribution is -2.48. The summed E-state index contributed by atoms with van der Waals surface area (Å²) in [5, 5.41) is 0. The molecular weight excluding hydrogens is 450 g/mol. The molecule has 1 amide bonds. The average Bonchev–Trinajstić information content (AvgIpc) is 3.38. The second kappa shape index (κ2) is 10.8. The molecule has 1 saturated heterocycles. The Morgan fingerprint density at radius 2 is 1.79 bits per heavy atom. The van der Waals surface area contributed by atoms with E-state index in [9.17, 15) is 13.2 Å². The van der Waals surface area contributed by atoms with Crippen LogP contribution in [-0.2, 0) is 16.6 Å². The first-order valence-electron chi connectivity index (χ1n) is 11.3. The monoisotopic (exact) mass is 479 g/mol. The fraction of sp³-hybridized carbons (Fsp3) is 0.269. The molecule has 0 saturated carbocycles. The van der Waals surface area contributed by atoms with Gasteiger partial charge in [-0.15, -0.1) is 0 Å². The van der Waals surface area contributed by atoms with E-state index in [4.69, 9.17) is 4.42 Å². The normalized spacial score (nSPS) is 15.1. The second-order valence-corrected chi connectivity index (χ2v) is 10.1. The Bertz CT molecular complexity index is 1230. The highest BCUT2D eigenvalue weighted by molar-refractivity contribution is 7.89. The zero-order valence-corrected chi connectivity index (χ0v) is 20.0. The number of hydrogen-bond acceptors (Lipinski definition) is 5. The Kier molecular flexibility index (Phi) is 7.62. The van der Waals surface area contributed by atoms with Crippen LogP contribution in [0, 0.1) is 6.92 Å².